The summed E-state index contributed by atoms with van der Waals surface area (Å²) in [6.45, 7) is 0.274. The molecule has 0 spiro atoms. The molecule has 0 saturated carbocycles. The molecule has 1 amide bonds. The van der Waals surface area contributed by atoms with Gasteiger partial charge in [0.1, 0.15) is 19.3 Å². The number of rotatable bonds is 15. The Morgan fingerprint density at radius 3 is 1.68 bits per heavy atom. The van der Waals surface area contributed by atoms with Crippen molar-refractivity contribution in [1.29, 1.82) is 0 Å². The summed E-state index contributed by atoms with van der Waals surface area (Å²) in [6, 6.07) is 43.6. The third-order valence-corrected chi connectivity index (χ3v) is 7.65. The van der Waals surface area contributed by atoms with Crippen LogP contribution in [0.1, 0.15) is 39.0 Å². The van der Waals surface area contributed by atoms with Crippen LogP contribution in [-0.2, 0) is 45.1 Å². The van der Waals surface area contributed by atoms with E-state index in [-0.39, 0.29) is 19.1 Å². The molecule has 2 N–H and O–H groups in total. The number of carbonyl (C=O) groups excluding carboxylic acids is 3. The van der Waals surface area contributed by atoms with Crippen LogP contribution < -0.4 is 10.6 Å². The van der Waals surface area contributed by atoms with Crippen LogP contribution in [0.5, 0.6) is 0 Å². The number of anilines is 1. The Labute approximate surface area is 275 Å². The number of aryl methyl sites for hydroxylation is 1. The van der Waals surface area contributed by atoms with Gasteiger partial charge < -0.3 is 14.8 Å². The molecule has 0 fully saturated rings. The van der Waals surface area contributed by atoms with Crippen molar-refractivity contribution < 1.29 is 23.9 Å². The van der Waals surface area contributed by atoms with Crippen molar-refractivity contribution >= 4 is 23.5 Å². The summed E-state index contributed by atoms with van der Waals surface area (Å²) in [5, 5.41) is 6.27. The topological polar surface area (TPSA) is 93.7 Å². The van der Waals surface area contributed by atoms with Gasteiger partial charge in [-0.25, -0.2) is 4.79 Å². The summed E-state index contributed by atoms with van der Waals surface area (Å²) < 4.78 is 11.2. The minimum Gasteiger partial charge on any atom is -0.460 e. The Morgan fingerprint density at radius 2 is 1.09 bits per heavy atom. The van der Waals surface area contributed by atoms with Crippen LogP contribution in [0.25, 0.3) is 0 Å². The lowest BCUT2D eigenvalue weighted by molar-refractivity contribution is -0.148. The van der Waals surface area contributed by atoms with Gasteiger partial charge in [0.25, 0.3) is 0 Å². The molecule has 7 heteroatoms. The van der Waals surface area contributed by atoms with E-state index in [2.05, 4.69) is 10.6 Å². The van der Waals surface area contributed by atoms with Crippen LogP contribution in [0.4, 0.5) is 5.69 Å². The van der Waals surface area contributed by atoms with Crippen molar-refractivity contribution in [1.82, 2.24) is 5.32 Å². The summed E-state index contributed by atoms with van der Waals surface area (Å²) in [5.74, 6) is -1.27. The molecule has 47 heavy (non-hydrogen) atoms. The highest BCUT2D eigenvalue weighted by Gasteiger charge is 2.28. The molecule has 5 rings (SSSR count). The van der Waals surface area contributed by atoms with Crippen LogP contribution in [-0.4, -0.2) is 29.9 Å². The molecule has 238 valence electrons. The molecule has 7 nitrogen and oxygen atoms in total. The van der Waals surface area contributed by atoms with E-state index in [9.17, 15) is 14.4 Å². The SMILES string of the molecule is O=C(OCc1ccccc1)c1cccc(NC(=O)[C@H](Cc2ccccc2)N[C@@H](CCc2ccccc2)C(=O)OCc2ccccc2)c1. The molecular weight excluding hydrogens is 588 g/mol. The molecular formula is C40H38N2O5. The van der Waals surface area contributed by atoms with Crippen molar-refractivity contribution in [2.75, 3.05) is 5.32 Å². The van der Waals surface area contributed by atoms with Crippen molar-refractivity contribution in [3.05, 3.63) is 173 Å². The van der Waals surface area contributed by atoms with E-state index in [1.165, 1.54) is 0 Å². The largest absolute Gasteiger partial charge is 0.460 e. The summed E-state index contributed by atoms with van der Waals surface area (Å²) >= 11 is 0. The highest BCUT2D eigenvalue weighted by Crippen LogP contribution is 2.16. The summed E-state index contributed by atoms with van der Waals surface area (Å²) in [6.07, 6.45) is 1.38. The highest BCUT2D eigenvalue weighted by atomic mass is 16.5. The normalized spacial score (nSPS) is 12.0. The first kappa shape index (κ1) is 32.9. The number of carbonyl (C=O) groups is 3. The smallest absolute Gasteiger partial charge is 0.338 e. The van der Waals surface area contributed by atoms with E-state index in [1.54, 1.807) is 24.3 Å². The van der Waals surface area contributed by atoms with E-state index in [4.69, 9.17) is 9.47 Å². The zero-order valence-electron chi connectivity index (χ0n) is 26.1. The first-order valence-electron chi connectivity index (χ1n) is 15.7. The molecule has 0 radical (unpaired) electrons. The Balaban J connectivity index is 1.31. The van der Waals surface area contributed by atoms with E-state index < -0.39 is 24.0 Å². The maximum Gasteiger partial charge on any atom is 0.338 e. The maximum atomic E-state index is 13.9. The number of esters is 2. The van der Waals surface area contributed by atoms with Gasteiger partial charge in [0.15, 0.2) is 0 Å². The van der Waals surface area contributed by atoms with Gasteiger partial charge in [-0.15, -0.1) is 0 Å². The second kappa shape index (κ2) is 17.2. The van der Waals surface area contributed by atoms with Gasteiger partial charge in [0.05, 0.1) is 11.6 Å². The first-order valence-corrected chi connectivity index (χ1v) is 15.7. The molecule has 0 aliphatic rings. The Morgan fingerprint density at radius 1 is 0.553 bits per heavy atom. The van der Waals surface area contributed by atoms with Crippen molar-refractivity contribution in [2.24, 2.45) is 0 Å². The van der Waals surface area contributed by atoms with E-state index in [1.807, 2.05) is 121 Å². The number of hydrogen-bond donors (Lipinski definition) is 2. The van der Waals surface area contributed by atoms with Gasteiger partial charge in [0.2, 0.25) is 5.91 Å². The van der Waals surface area contributed by atoms with Gasteiger partial charge in [-0.2, -0.15) is 0 Å². The Bertz CT molecular complexity index is 1710. The Kier molecular flexibility index (Phi) is 12.1. The molecule has 0 saturated heterocycles. The number of amides is 1. The molecule has 0 aliphatic heterocycles. The lowest BCUT2D eigenvalue weighted by Gasteiger charge is -2.25. The monoisotopic (exact) mass is 626 g/mol. The number of nitrogens with one attached hydrogen (secondary N) is 2. The number of hydrogen-bond acceptors (Lipinski definition) is 6. The van der Waals surface area contributed by atoms with Crippen LogP contribution in [0.3, 0.4) is 0 Å². The molecule has 0 unspecified atom stereocenters. The average molecular weight is 627 g/mol. The van der Waals surface area contributed by atoms with Gasteiger partial charge in [-0.1, -0.05) is 127 Å². The summed E-state index contributed by atoms with van der Waals surface area (Å²) in [5.41, 5.74) is 4.52. The predicted molar refractivity (Wildman–Crippen MR) is 182 cm³/mol. The van der Waals surface area contributed by atoms with Crippen LogP contribution >= 0.6 is 0 Å². The van der Waals surface area contributed by atoms with Crippen molar-refractivity contribution in [3.8, 4) is 0 Å². The van der Waals surface area contributed by atoms with E-state index >= 15 is 0 Å². The molecule has 0 heterocycles. The minimum absolute atomic E-state index is 0.131. The summed E-state index contributed by atoms with van der Waals surface area (Å²) in [7, 11) is 0. The highest BCUT2D eigenvalue weighted by molar-refractivity contribution is 5.97. The van der Waals surface area contributed by atoms with Gasteiger partial charge in [-0.3, -0.25) is 14.9 Å². The van der Waals surface area contributed by atoms with Crippen molar-refractivity contribution in [2.45, 2.75) is 44.6 Å². The second-order valence-electron chi connectivity index (χ2n) is 11.2. The third kappa shape index (κ3) is 10.5. The quantitative estimate of drug-likeness (QED) is 0.123. The second-order valence-corrected chi connectivity index (χ2v) is 11.2. The molecule has 0 aliphatic carbocycles. The van der Waals surface area contributed by atoms with Crippen LogP contribution in [0.15, 0.2) is 146 Å². The fourth-order valence-corrected chi connectivity index (χ4v) is 5.13. The maximum absolute atomic E-state index is 13.9. The number of benzene rings is 5. The fourth-order valence-electron chi connectivity index (χ4n) is 5.13. The zero-order chi connectivity index (χ0) is 32.7. The van der Waals surface area contributed by atoms with Crippen molar-refractivity contribution in [3.63, 3.8) is 0 Å². The van der Waals surface area contributed by atoms with E-state index in [0.29, 0.717) is 30.5 Å². The van der Waals surface area contributed by atoms with Crippen LogP contribution in [0, 0.1) is 0 Å². The van der Waals surface area contributed by atoms with E-state index in [0.717, 1.165) is 22.3 Å². The standard InChI is InChI=1S/C40H38N2O5/c43-38(41-35-23-13-22-34(27-35)39(44)46-28-32-18-9-3-10-19-32)37(26-31-16-7-2-8-17-31)42-36(25-24-30-14-5-1-6-15-30)40(45)47-29-33-20-11-4-12-21-33/h1-23,27,36-37,42H,24-26,28-29H2,(H,41,43)/t36-,37-/m0/s1. The van der Waals surface area contributed by atoms with Gasteiger partial charge in [-0.05, 0) is 59.7 Å². The fraction of sp³-hybridized carbons (Fsp3) is 0.175. The third-order valence-electron chi connectivity index (χ3n) is 7.65. The summed E-state index contributed by atoms with van der Waals surface area (Å²) in [4.78, 5) is 40.2. The Hall–Kier alpha value is -5.53. The molecule has 0 bridgehead atoms. The lowest BCUT2D eigenvalue weighted by Crippen LogP contribution is -2.50. The molecule has 0 aromatic heterocycles. The van der Waals surface area contributed by atoms with Gasteiger partial charge in [0, 0.05) is 5.69 Å². The molecule has 2 atom stereocenters. The van der Waals surface area contributed by atoms with Crippen LogP contribution in [0.2, 0.25) is 0 Å². The first-order chi connectivity index (χ1) is 23.0. The number of ether oxygens (including phenoxy) is 2. The predicted octanol–water partition coefficient (Wildman–Crippen LogP) is 6.93. The minimum atomic E-state index is -0.781. The van der Waals surface area contributed by atoms with Gasteiger partial charge >= 0.3 is 11.9 Å². The average Bonchev–Trinajstić information content (AvgIpc) is 3.12. The zero-order valence-corrected chi connectivity index (χ0v) is 26.1. The lowest BCUT2D eigenvalue weighted by atomic mass is 10.0. The molecule has 5 aromatic rings. The molecule has 5 aromatic carbocycles.